The molecule has 0 bridgehead atoms. The van der Waals surface area contributed by atoms with Gasteiger partial charge in [0.05, 0.1) is 5.41 Å². The van der Waals surface area contributed by atoms with E-state index in [0.29, 0.717) is 0 Å². The average molecular weight is 342 g/mol. The molecule has 6 rings (SSSR count). The van der Waals surface area contributed by atoms with Gasteiger partial charge in [-0.1, -0.05) is 72.8 Å². The van der Waals surface area contributed by atoms with Crippen LogP contribution >= 0.6 is 0 Å². The molecule has 1 atom stereocenters. The van der Waals surface area contributed by atoms with E-state index in [1.807, 2.05) is 6.08 Å². The molecule has 0 aliphatic heterocycles. The Morgan fingerprint density at radius 1 is 0.704 bits per heavy atom. The molecule has 0 aromatic heterocycles. The molecule has 0 heteroatoms. The van der Waals surface area contributed by atoms with Gasteiger partial charge in [0.25, 0.3) is 0 Å². The quantitative estimate of drug-likeness (QED) is 0.493. The van der Waals surface area contributed by atoms with Crippen LogP contribution in [0, 0.1) is 0 Å². The fourth-order valence-corrected chi connectivity index (χ4v) is 5.23. The molecular weight excluding hydrogens is 324 g/mol. The van der Waals surface area contributed by atoms with Crippen LogP contribution in [0.4, 0.5) is 0 Å². The molecule has 0 nitrogen and oxygen atoms in total. The van der Waals surface area contributed by atoms with Gasteiger partial charge in [0, 0.05) is 0 Å². The predicted molar refractivity (Wildman–Crippen MR) is 112 cm³/mol. The summed E-state index contributed by atoms with van der Waals surface area (Å²) in [5.74, 6) is 0. The molecule has 27 heavy (non-hydrogen) atoms. The third kappa shape index (κ3) is 1.74. The average Bonchev–Trinajstić information content (AvgIpc) is 2.94. The van der Waals surface area contributed by atoms with Crippen LogP contribution in [-0.4, -0.2) is 0 Å². The molecule has 1 spiro atoms. The van der Waals surface area contributed by atoms with Gasteiger partial charge in [-0.25, -0.2) is 0 Å². The number of hydrogen-bond acceptors (Lipinski definition) is 0. The minimum absolute atomic E-state index is 0.240. The van der Waals surface area contributed by atoms with E-state index in [9.17, 15) is 0 Å². The second kappa shape index (κ2) is 5.33. The second-order valence-corrected chi connectivity index (χ2v) is 7.36. The van der Waals surface area contributed by atoms with Crippen molar-refractivity contribution in [2.45, 2.75) is 11.8 Å². The zero-order valence-corrected chi connectivity index (χ0v) is 14.9. The molecule has 1 unspecified atom stereocenters. The molecular formula is C27H18. The van der Waals surface area contributed by atoms with Gasteiger partial charge in [-0.2, -0.15) is 0 Å². The highest BCUT2D eigenvalue weighted by molar-refractivity contribution is 6.04. The van der Waals surface area contributed by atoms with Crippen LogP contribution in [0.3, 0.4) is 0 Å². The molecule has 0 N–H and O–H groups in total. The van der Waals surface area contributed by atoms with Crippen LogP contribution in [0.15, 0.2) is 114 Å². The summed E-state index contributed by atoms with van der Waals surface area (Å²) >= 11 is 0. The van der Waals surface area contributed by atoms with Crippen molar-refractivity contribution in [3.05, 3.63) is 136 Å². The molecule has 2 aromatic rings. The number of fused-ring (bicyclic) bond motifs is 10. The van der Waals surface area contributed by atoms with E-state index in [2.05, 4.69) is 96.8 Å². The standard InChI is InChI=1S/C27H18/c1-3-11-19-21-13-7-9-17-25(21)27(23(19)15-5-1)24-16-6-2-4-12-20(24)22-14-8-10-18-26(22)27/h1,4-18H,3H2. The maximum absolute atomic E-state index is 3.27. The molecule has 2 aromatic carbocycles. The fourth-order valence-electron chi connectivity index (χ4n) is 5.23. The van der Waals surface area contributed by atoms with Gasteiger partial charge in [-0.05, 0) is 75.3 Å². The first-order chi connectivity index (χ1) is 13.4. The maximum atomic E-state index is 3.27. The van der Waals surface area contributed by atoms with Crippen molar-refractivity contribution >= 4 is 11.1 Å². The molecule has 0 heterocycles. The molecule has 0 fully saturated rings. The Morgan fingerprint density at radius 2 is 1.37 bits per heavy atom. The lowest BCUT2D eigenvalue weighted by Crippen LogP contribution is -2.26. The first-order valence-electron chi connectivity index (χ1n) is 9.54. The van der Waals surface area contributed by atoms with E-state index in [1.165, 1.54) is 44.5 Å². The summed E-state index contributed by atoms with van der Waals surface area (Å²) in [6, 6.07) is 17.8. The van der Waals surface area contributed by atoms with E-state index in [4.69, 9.17) is 0 Å². The summed E-state index contributed by atoms with van der Waals surface area (Å²) in [5, 5.41) is 0. The Hall–Kier alpha value is -3.34. The van der Waals surface area contributed by atoms with Gasteiger partial charge < -0.3 is 0 Å². The minimum atomic E-state index is -0.240. The largest absolute Gasteiger partial charge is 0.121 e. The third-order valence-corrected chi connectivity index (χ3v) is 6.18. The lowest BCUT2D eigenvalue weighted by molar-refractivity contribution is 0.796. The van der Waals surface area contributed by atoms with Crippen molar-refractivity contribution in [3.8, 4) is 0 Å². The van der Waals surface area contributed by atoms with Crippen LogP contribution in [0.5, 0.6) is 0 Å². The van der Waals surface area contributed by atoms with Crippen molar-refractivity contribution in [2.75, 3.05) is 0 Å². The number of allylic oxidation sites excluding steroid dienone is 11. The Bertz CT molecular complexity index is 1210. The molecule has 0 saturated carbocycles. The maximum Gasteiger partial charge on any atom is 0.0725 e. The van der Waals surface area contributed by atoms with Crippen molar-refractivity contribution < 1.29 is 0 Å². The van der Waals surface area contributed by atoms with E-state index in [0.717, 1.165) is 6.42 Å². The Morgan fingerprint density at radius 3 is 2.19 bits per heavy atom. The smallest absolute Gasteiger partial charge is 0.0725 e. The first kappa shape index (κ1) is 14.8. The highest BCUT2D eigenvalue weighted by atomic mass is 14.5. The summed E-state index contributed by atoms with van der Waals surface area (Å²) in [4.78, 5) is 0. The molecule has 0 saturated heterocycles. The zero-order valence-electron chi connectivity index (χ0n) is 14.9. The van der Waals surface area contributed by atoms with Gasteiger partial charge in [-0.3, -0.25) is 0 Å². The zero-order chi connectivity index (χ0) is 17.8. The lowest BCUT2D eigenvalue weighted by Gasteiger charge is -2.31. The molecule has 0 radical (unpaired) electrons. The van der Waals surface area contributed by atoms with Crippen molar-refractivity contribution in [1.82, 2.24) is 0 Å². The highest BCUT2D eigenvalue weighted by Crippen LogP contribution is 2.64. The normalized spacial score (nSPS) is 23.4. The minimum Gasteiger partial charge on any atom is -0.121 e. The van der Waals surface area contributed by atoms with Gasteiger partial charge in [0.2, 0.25) is 0 Å². The summed E-state index contributed by atoms with van der Waals surface area (Å²) in [7, 11) is 0. The highest BCUT2D eigenvalue weighted by Gasteiger charge is 2.54. The topological polar surface area (TPSA) is 0 Å². The van der Waals surface area contributed by atoms with Crippen LogP contribution in [0.2, 0.25) is 0 Å². The Labute approximate surface area is 159 Å². The second-order valence-electron chi connectivity index (χ2n) is 7.36. The van der Waals surface area contributed by atoms with Gasteiger partial charge in [0.15, 0.2) is 0 Å². The van der Waals surface area contributed by atoms with Crippen LogP contribution in [0.1, 0.15) is 28.7 Å². The predicted octanol–water partition coefficient (Wildman–Crippen LogP) is 6.30. The monoisotopic (exact) mass is 342 g/mol. The first-order valence-corrected chi connectivity index (χ1v) is 9.54. The fraction of sp³-hybridized carbons (Fsp3) is 0.0741. The summed E-state index contributed by atoms with van der Waals surface area (Å²) in [6.07, 6.45) is 18.8. The SMILES string of the molecule is C1=CC=C2C(=CC=1)C1(C3=CC=CCC=C3c3ccccc31)c1ccccc12. The summed E-state index contributed by atoms with van der Waals surface area (Å²) in [5.41, 5.74) is 14.0. The number of hydrogen-bond donors (Lipinski definition) is 0. The van der Waals surface area contributed by atoms with E-state index >= 15 is 0 Å². The Balaban J connectivity index is 1.83. The molecule has 126 valence electrons. The van der Waals surface area contributed by atoms with Gasteiger partial charge in [-0.15, -0.1) is 5.73 Å². The van der Waals surface area contributed by atoms with Gasteiger partial charge >= 0.3 is 0 Å². The van der Waals surface area contributed by atoms with Crippen LogP contribution < -0.4 is 0 Å². The summed E-state index contributed by atoms with van der Waals surface area (Å²) in [6.45, 7) is 0. The van der Waals surface area contributed by atoms with Crippen molar-refractivity contribution in [3.63, 3.8) is 0 Å². The van der Waals surface area contributed by atoms with Gasteiger partial charge in [0.1, 0.15) is 0 Å². The van der Waals surface area contributed by atoms with Crippen LogP contribution in [-0.2, 0) is 5.41 Å². The molecule has 4 aliphatic carbocycles. The van der Waals surface area contributed by atoms with Crippen molar-refractivity contribution in [2.24, 2.45) is 0 Å². The van der Waals surface area contributed by atoms with E-state index in [1.54, 1.807) is 0 Å². The Kier molecular flexibility index (Phi) is 2.92. The summed E-state index contributed by atoms with van der Waals surface area (Å²) < 4.78 is 0. The van der Waals surface area contributed by atoms with E-state index < -0.39 is 0 Å². The number of benzene rings is 2. The number of rotatable bonds is 0. The van der Waals surface area contributed by atoms with Crippen molar-refractivity contribution in [1.29, 1.82) is 0 Å². The molecule has 4 aliphatic rings. The third-order valence-electron chi connectivity index (χ3n) is 6.18. The van der Waals surface area contributed by atoms with Crippen LogP contribution in [0.25, 0.3) is 11.1 Å². The molecule has 0 amide bonds. The lowest BCUT2D eigenvalue weighted by atomic mass is 9.70. The van der Waals surface area contributed by atoms with E-state index in [-0.39, 0.29) is 5.41 Å².